The van der Waals surface area contributed by atoms with Gasteiger partial charge < -0.3 is 10.8 Å². The average Bonchev–Trinajstić information content (AvgIpc) is 2.43. The Bertz CT molecular complexity index is 371. The second kappa shape index (κ2) is 3.86. The number of carboxylic acids is 1. The van der Waals surface area contributed by atoms with Crippen LogP contribution in [0.15, 0.2) is 0 Å². The molecule has 1 aromatic rings. The van der Waals surface area contributed by atoms with Gasteiger partial charge in [-0.25, -0.2) is 9.48 Å². The van der Waals surface area contributed by atoms with Crippen molar-refractivity contribution in [1.29, 1.82) is 0 Å². The van der Waals surface area contributed by atoms with E-state index in [9.17, 15) is 9.59 Å². The molecule has 7 nitrogen and oxygen atoms in total. The van der Waals surface area contributed by atoms with Gasteiger partial charge in [-0.2, -0.15) is 0 Å². The number of aromatic nitrogens is 3. The van der Waals surface area contributed by atoms with Gasteiger partial charge in [-0.15, -0.1) is 5.10 Å². The number of nitrogens with zero attached hydrogens (tertiary/aromatic N) is 3. The second-order valence-electron chi connectivity index (χ2n) is 2.77. The molecule has 1 rings (SSSR count). The number of carboxylic acid groups (broad SMARTS) is 1. The lowest BCUT2D eigenvalue weighted by atomic mass is 10.3. The molecule has 1 amide bonds. The smallest absolute Gasteiger partial charge is 0.358 e. The number of aromatic carboxylic acids is 1. The van der Waals surface area contributed by atoms with E-state index in [1.54, 1.807) is 6.92 Å². The summed E-state index contributed by atoms with van der Waals surface area (Å²) in [7, 11) is 0. The lowest BCUT2D eigenvalue weighted by molar-refractivity contribution is -0.118. The van der Waals surface area contributed by atoms with Gasteiger partial charge in [0.2, 0.25) is 5.91 Å². The summed E-state index contributed by atoms with van der Waals surface area (Å²) in [5, 5.41) is 15.7. The zero-order valence-electron chi connectivity index (χ0n) is 7.60. The van der Waals surface area contributed by atoms with E-state index in [4.69, 9.17) is 10.8 Å². The lowest BCUT2D eigenvalue weighted by Gasteiger charge is -1.99. The van der Waals surface area contributed by atoms with Crippen molar-refractivity contribution in [3.63, 3.8) is 0 Å². The highest BCUT2D eigenvalue weighted by molar-refractivity contribution is 5.86. The molecule has 76 valence electrons. The molecule has 0 unspecified atom stereocenters. The van der Waals surface area contributed by atoms with E-state index in [1.165, 1.54) is 4.68 Å². The minimum Gasteiger partial charge on any atom is -0.476 e. The van der Waals surface area contributed by atoms with Crippen LogP contribution >= 0.6 is 0 Å². The maximum atomic E-state index is 10.6. The van der Waals surface area contributed by atoms with Gasteiger partial charge in [0.25, 0.3) is 0 Å². The van der Waals surface area contributed by atoms with Crippen LogP contribution in [0.5, 0.6) is 0 Å². The van der Waals surface area contributed by atoms with Crippen molar-refractivity contribution < 1.29 is 14.7 Å². The van der Waals surface area contributed by atoms with Gasteiger partial charge in [0, 0.05) is 6.42 Å². The number of aryl methyl sites for hydroxylation is 1. The van der Waals surface area contributed by atoms with Crippen LogP contribution in [0.1, 0.15) is 22.6 Å². The van der Waals surface area contributed by atoms with Crippen LogP contribution < -0.4 is 5.73 Å². The second-order valence-corrected chi connectivity index (χ2v) is 2.77. The normalized spacial score (nSPS) is 10.1. The Morgan fingerprint density at radius 3 is 2.64 bits per heavy atom. The quantitative estimate of drug-likeness (QED) is 0.655. The van der Waals surface area contributed by atoms with Crippen LogP contribution in [0.2, 0.25) is 0 Å². The third-order valence-corrected chi connectivity index (χ3v) is 1.76. The SMILES string of the molecule is Cc1c(C(=O)O)nnn1CCC(N)=O. The van der Waals surface area contributed by atoms with E-state index in [0.717, 1.165) is 0 Å². The standard InChI is InChI=1S/C7H10N4O3/c1-4-6(7(13)14)9-10-11(4)3-2-5(8)12/h2-3H2,1H3,(H2,8,12)(H,13,14). The molecule has 0 radical (unpaired) electrons. The van der Waals surface area contributed by atoms with E-state index >= 15 is 0 Å². The number of nitrogens with two attached hydrogens (primary N) is 1. The van der Waals surface area contributed by atoms with E-state index in [-0.39, 0.29) is 18.7 Å². The summed E-state index contributed by atoms with van der Waals surface area (Å²) in [6, 6.07) is 0. The van der Waals surface area contributed by atoms with E-state index in [1.807, 2.05) is 0 Å². The Balaban J connectivity index is 2.79. The lowest BCUT2D eigenvalue weighted by Crippen LogP contribution is -2.15. The first-order valence-corrected chi connectivity index (χ1v) is 3.94. The van der Waals surface area contributed by atoms with Gasteiger partial charge in [-0.1, -0.05) is 5.21 Å². The summed E-state index contributed by atoms with van der Waals surface area (Å²) in [6.45, 7) is 1.83. The van der Waals surface area contributed by atoms with Crippen molar-refractivity contribution in [3.05, 3.63) is 11.4 Å². The Morgan fingerprint density at radius 2 is 2.21 bits per heavy atom. The Morgan fingerprint density at radius 1 is 1.57 bits per heavy atom. The van der Waals surface area contributed by atoms with Crippen molar-refractivity contribution in [1.82, 2.24) is 15.0 Å². The van der Waals surface area contributed by atoms with Crippen LogP contribution in [0.3, 0.4) is 0 Å². The maximum absolute atomic E-state index is 10.6. The molecule has 0 aliphatic rings. The van der Waals surface area contributed by atoms with Crippen LogP contribution in [0.4, 0.5) is 0 Å². The van der Waals surface area contributed by atoms with E-state index in [2.05, 4.69) is 10.3 Å². The van der Waals surface area contributed by atoms with Gasteiger partial charge in [0.05, 0.1) is 12.2 Å². The molecule has 3 N–H and O–H groups in total. The molecule has 0 spiro atoms. The molecular weight excluding hydrogens is 188 g/mol. The first-order valence-electron chi connectivity index (χ1n) is 3.94. The fourth-order valence-corrected chi connectivity index (χ4v) is 0.986. The summed E-state index contributed by atoms with van der Waals surface area (Å²) in [4.78, 5) is 21.0. The Kier molecular flexibility index (Phi) is 2.80. The fourth-order valence-electron chi connectivity index (χ4n) is 0.986. The molecule has 0 saturated carbocycles. The number of carbonyl (C=O) groups is 2. The van der Waals surface area contributed by atoms with Crippen molar-refractivity contribution >= 4 is 11.9 Å². The van der Waals surface area contributed by atoms with Crippen LogP contribution in [0.25, 0.3) is 0 Å². The molecule has 0 aromatic carbocycles. The maximum Gasteiger partial charge on any atom is 0.358 e. The predicted molar refractivity (Wildman–Crippen MR) is 45.5 cm³/mol. The first-order chi connectivity index (χ1) is 6.52. The van der Waals surface area contributed by atoms with E-state index in [0.29, 0.717) is 5.69 Å². The molecule has 1 heterocycles. The number of rotatable bonds is 4. The van der Waals surface area contributed by atoms with Crippen molar-refractivity contribution in [2.75, 3.05) is 0 Å². The third kappa shape index (κ3) is 2.06. The molecule has 0 aliphatic carbocycles. The van der Waals surface area contributed by atoms with Crippen LogP contribution in [-0.4, -0.2) is 32.0 Å². The van der Waals surface area contributed by atoms with Gasteiger partial charge >= 0.3 is 5.97 Å². The zero-order valence-corrected chi connectivity index (χ0v) is 7.60. The number of hydrogen-bond donors (Lipinski definition) is 2. The summed E-state index contributed by atoms with van der Waals surface area (Å²) in [5.41, 5.74) is 5.25. The largest absolute Gasteiger partial charge is 0.476 e. The topological polar surface area (TPSA) is 111 Å². The molecule has 0 aliphatic heterocycles. The molecule has 0 bridgehead atoms. The molecular formula is C7H10N4O3. The van der Waals surface area contributed by atoms with E-state index < -0.39 is 11.9 Å². The number of amides is 1. The highest BCUT2D eigenvalue weighted by atomic mass is 16.4. The number of carbonyl (C=O) groups excluding carboxylic acids is 1. The number of hydrogen-bond acceptors (Lipinski definition) is 4. The van der Waals surface area contributed by atoms with Crippen LogP contribution in [0, 0.1) is 6.92 Å². The molecule has 14 heavy (non-hydrogen) atoms. The monoisotopic (exact) mass is 198 g/mol. The predicted octanol–water partition coefficient (Wildman–Crippen LogP) is -0.840. The summed E-state index contributed by atoms with van der Waals surface area (Å²) >= 11 is 0. The van der Waals surface area contributed by atoms with Gasteiger partial charge in [-0.05, 0) is 6.92 Å². The van der Waals surface area contributed by atoms with Gasteiger partial charge in [0.15, 0.2) is 5.69 Å². The third-order valence-electron chi connectivity index (χ3n) is 1.76. The zero-order chi connectivity index (χ0) is 10.7. The average molecular weight is 198 g/mol. The summed E-state index contributed by atoms with van der Waals surface area (Å²) in [6.07, 6.45) is 0.114. The van der Waals surface area contributed by atoms with Crippen LogP contribution in [-0.2, 0) is 11.3 Å². The molecule has 0 atom stereocenters. The fraction of sp³-hybridized carbons (Fsp3) is 0.429. The first kappa shape index (κ1) is 10.2. The van der Waals surface area contributed by atoms with Crippen molar-refractivity contribution in [2.45, 2.75) is 19.9 Å². The summed E-state index contributed by atoms with van der Waals surface area (Å²) < 4.78 is 1.34. The van der Waals surface area contributed by atoms with Crippen molar-refractivity contribution in [2.24, 2.45) is 5.73 Å². The minimum atomic E-state index is -1.13. The Labute approximate surface area is 79.5 Å². The highest BCUT2D eigenvalue weighted by Crippen LogP contribution is 2.03. The molecule has 7 heteroatoms. The van der Waals surface area contributed by atoms with Crippen molar-refractivity contribution in [3.8, 4) is 0 Å². The molecule has 0 saturated heterocycles. The van der Waals surface area contributed by atoms with Gasteiger partial charge in [-0.3, -0.25) is 4.79 Å². The number of primary amides is 1. The minimum absolute atomic E-state index is 0.102. The Hall–Kier alpha value is -1.92. The molecule has 0 fully saturated rings. The van der Waals surface area contributed by atoms with Gasteiger partial charge in [0.1, 0.15) is 0 Å². The molecule has 1 aromatic heterocycles. The highest BCUT2D eigenvalue weighted by Gasteiger charge is 2.14. The summed E-state index contributed by atoms with van der Waals surface area (Å²) in [5.74, 6) is -1.59.